The van der Waals surface area contributed by atoms with Crippen LogP contribution in [-0.2, 0) is 20.2 Å². The molecule has 1 aromatic heterocycles. The van der Waals surface area contributed by atoms with Gasteiger partial charge in [-0.2, -0.15) is 0 Å². The second kappa shape index (κ2) is 11.4. The molecule has 0 saturated carbocycles. The smallest absolute Gasteiger partial charge is 0.354 e. The lowest BCUT2D eigenvalue weighted by Crippen LogP contribution is -2.39. The van der Waals surface area contributed by atoms with Crippen LogP contribution in [0.2, 0.25) is 0 Å². The second-order valence-electron chi connectivity index (χ2n) is 8.54. The molecule has 0 spiro atoms. The van der Waals surface area contributed by atoms with Crippen LogP contribution in [0, 0.1) is 0 Å². The van der Waals surface area contributed by atoms with Gasteiger partial charge in [-0.25, -0.2) is 0 Å². The van der Waals surface area contributed by atoms with Gasteiger partial charge in [0.15, 0.2) is 11.2 Å². The quantitative estimate of drug-likeness (QED) is 0.240. The Bertz CT molecular complexity index is 570. The molecule has 0 unspecified atom stereocenters. The van der Waals surface area contributed by atoms with Crippen molar-refractivity contribution in [3.05, 3.63) is 11.8 Å². The summed E-state index contributed by atoms with van der Waals surface area (Å²) in [6.07, 6.45) is 7.26. The summed E-state index contributed by atoms with van der Waals surface area (Å²) in [7, 11) is 0.890. The van der Waals surface area contributed by atoms with E-state index in [1.807, 2.05) is 27.7 Å². The minimum atomic E-state index is -3.48. The van der Waals surface area contributed by atoms with Crippen LogP contribution in [-0.4, -0.2) is 42.5 Å². The van der Waals surface area contributed by atoms with Gasteiger partial charge in [-0.3, -0.25) is 4.57 Å². The Morgan fingerprint density at radius 3 is 2.15 bits per heavy atom. The van der Waals surface area contributed by atoms with Gasteiger partial charge in [-0.1, -0.05) is 37.8 Å². The summed E-state index contributed by atoms with van der Waals surface area (Å²) in [4.78, 5) is 0. The van der Waals surface area contributed by atoms with Crippen LogP contribution in [0.4, 0.5) is 0 Å². The molecular weight excluding hydrogens is 363 g/mol. The van der Waals surface area contributed by atoms with E-state index in [0.29, 0.717) is 12.3 Å². The zero-order valence-corrected chi connectivity index (χ0v) is 19.3. The van der Waals surface area contributed by atoms with E-state index in [1.165, 1.54) is 38.5 Å². The third-order valence-electron chi connectivity index (χ3n) is 4.23. The third kappa shape index (κ3) is 9.38. The van der Waals surface area contributed by atoms with Gasteiger partial charge in [0, 0.05) is 6.07 Å². The highest BCUT2D eigenvalue weighted by Gasteiger charge is 2.35. The minimum absolute atomic E-state index is 0.227. The van der Waals surface area contributed by atoms with Crippen LogP contribution < -0.4 is 5.44 Å². The minimum Gasteiger partial charge on any atom is -0.354 e. The number of quaternary nitrogens is 1. The Morgan fingerprint density at radius 2 is 1.59 bits per heavy atom. The van der Waals surface area contributed by atoms with Gasteiger partial charge in [0.25, 0.3) is 0 Å². The molecule has 0 amide bonds. The van der Waals surface area contributed by atoms with Crippen LogP contribution in [0.1, 0.15) is 78.9 Å². The fourth-order valence-corrected chi connectivity index (χ4v) is 4.83. The monoisotopic (exact) mass is 403 g/mol. The average Bonchev–Trinajstić information content (AvgIpc) is 2.97. The van der Waals surface area contributed by atoms with Gasteiger partial charge in [-0.15, -0.1) is 0 Å². The molecule has 0 atom stereocenters. The zero-order chi connectivity index (χ0) is 20.5. The summed E-state index contributed by atoms with van der Waals surface area (Å²) >= 11 is 0. The van der Waals surface area contributed by atoms with Crippen molar-refractivity contribution in [1.82, 2.24) is 5.16 Å². The van der Waals surface area contributed by atoms with Crippen molar-refractivity contribution >= 4 is 13.0 Å². The average molecular weight is 404 g/mol. The van der Waals surface area contributed by atoms with Crippen molar-refractivity contribution < 1.29 is 22.6 Å². The van der Waals surface area contributed by atoms with E-state index in [0.717, 1.165) is 11.0 Å². The van der Waals surface area contributed by atoms with Crippen molar-refractivity contribution in [3.8, 4) is 0 Å². The van der Waals surface area contributed by atoms with Crippen molar-refractivity contribution in [2.24, 2.45) is 0 Å². The van der Waals surface area contributed by atoms with E-state index >= 15 is 0 Å². The lowest BCUT2D eigenvalue weighted by molar-refractivity contribution is -0.904. The molecule has 158 valence electrons. The SMILES string of the molecule is CCCCCCCC[N+](C)(C)Cc1cc(P(=O)(OC(C)C)OC(C)C)no1. The lowest BCUT2D eigenvalue weighted by atomic mass is 10.1. The van der Waals surface area contributed by atoms with E-state index < -0.39 is 7.60 Å². The Labute approximate surface area is 165 Å². The number of aromatic nitrogens is 1. The molecule has 7 heteroatoms. The largest absolute Gasteiger partial charge is 0.383 e. The summed E-state index contributed by atoms with van der Waals surface area (Å²) in [5.74, 6) is 0.709. The number of nitrogens with zero attached hydrogens (tertiary/aromatic N) is 2. The van der Waals surface area contributed by atoms with Gasteiger partial charge < -0.3 is 18.1 Å². The molecule has 27 heavy (non-hydrogen) atoms. The first kappa shape index (κ1) is 24.4. The molecule has 0 saturated heterocycles. The first-order chi connectivity index (χ1) is 12.6. The maximum absolute atomic E-state index is 13.1. The van der Waals surface area contributed by atoms with E-state index in [1.54, 1.807) is 6.07 Å². The van der Waals surface area contributed by atoms with Gasteiger partial charge in [0.05, 0.1) is 32.8 Å². The van der Waals surface area contributed by atoms with E-state index in [-0.39, 0.29) is 17.6 Å². The fraction of sp³-hybridized carbons (Fsp3) is 0.850. The molecule has 1 rings (SSSR count). The third-order valence-corrected chi connectivity index (χ3v) is 6.40. The van der Waals surface area contributed by atoms with Crippen LogP contribution in [0.3, 0.4) is 0 Å². The molecule has 1 aromatic rings. The molecule has 0 aliphatic rings. The molecular formula is C20H40N2O4P+. The molecule has 0 aliphatic heterocycles. The maximum atomic E-state index is 13.1. The molecule has 0 N–H and O–H groups in total. The molecule has 0 bridgehead atoms. The normalized spacial score (nSPS) is 13.1. The van der Waals surface area contributed by atoms with E-state index in [2.05, 4.69) is 26.2 Å². The Morgan fingerprint density at radius 1 is 1.04 bits per heavy atom. The Balaban J connectivity index is 2.66. The summed E-state index contributed by atoms with van der Waals surface area (Å²) in [6.45, 7) is 11.3. The van der Waals surface area contributed by atoms with Crippen molar-refractivity contribution in [2.75, 3.05) is 20.6 Å². The zero-order valence-electron chi connectivity index (χ0n) is 18.4. The highest BCUT2D eigenvalue weighted by molar-refractivity contribution is 7.61. The highest BCUT2D eigenvalue weighted by atomic mass is 31.2. The first-order valence-electron chi connectivity index (χ1n) is 10.3. The Hall–Kier alpha value is -0.680. The summed E-state index contributed by atoms with van der Waals surface area (Å²) in [5.41, 5.74) is 0.263. The van der Waals surface area contributed by atoms with Crippen LogP contribution in [0.5, 0.6) is 0 Å². The maximum Gasteiger partial charge on any atom is 0.383 e. The van der Waals surface area contributed by atoms with Crippen LogP contribution in [0.15, 0.2) is 10.6 Å². The number of rotatable bonds is 14. The number of hydrogen-bond acceptors (Lipinski definition) is 5. The first-order valence-corrected chi connectivity index (χ1v) is 11.9. The van der Waals surface area contributed by atoms with Gasteiger partial charge in [-0.05, 0) is 40.5 Å². The summed E-state index contributed by atoms with van der Waals surface area (Å²) in [6, 6.07) is 1.73. The van der Waals surface area contributed by atoms with E-state index in [9.17, 15) is 4.57 Å². The van der Waals surface area contributed by atoms with Gasteiger partial charge in [0.1, 0.15) is 6.54 Å². The standard InChI is InChI=1S/C20H40N2O4P/c1-8-9-10-11-12-13-14-22(6,7)16-19-15-20(21-24-19)27(23,25-17(2)3)26-18(4)5/h15,17-18H,8-14,16H2,1-7H3/q+1. The fourth-order valence-electron chi connectivity index (χ4n) is 3.01. The highest BCUT2D eigenvalue weighted by Crippen LogP contribution is 2.49. The number of unbranched alkanes of at least 4 members (excludes halogenated alkanes) is 5. The number of hydrogen-bond donors (Lipinski definition) is 0. The Kier molecular flexibility index (Phi) is 10.2. The predicted octanol–water partition coefficient (Wildman–Crippen LogP) is 5.28. The van der Waals surface area contributed by atoms with E-state index in [4.69, 9.17) is 13.6 Å². The van der Waals surface area contributed by atoms with Gasteiger partial charge in [0.2, 0.25) is 0 Å². The molecule has 0 aliphatic carbocycles. The lowest BCUT2D eigenvalue weighted by Gasteiger charge is -2.28. The molecule has 0 radical (unpaired) electrons. The topological polar surface area (TPSA) is 61.6 Å². The van der Waals surface area contributed by atoms with Crippen LogP contribution >= 0.6 is 7.60 Å². The van der Waals surface area contributed by atoms with Gasteiger partial charge >= 0.3 is 7.60 Å². The van der Waals surface area contributed by atoms with Crippen molar-refractivity contribution in [1.29, 1.82) is 0 Å². The van der Waals surface area contributed by atoms with Crippen molar-refractivity contribution in [3.63, 3.8) is 0 Å². The molecule has 1 heterocycles. The van der Waals surface area contributed by atoms with Crippen molar-refractivity contribution in [2.45, 2.75) is 91.9 Å². The second-order valence-corrected chi connectivity index (χ2v) is 10.4. The molecule has 6 nitrogen and oxygen atoms in total. The molecule has 0 fully saturated rings. The summed E-state index contributed by atoms with van der Waals surface area (Å²) in [5, 5.41) is 4.01. The molecule has 0 aromatic carbocycles. The predicted molar refractivity (Wildman–Crippen MR) is 110 cm³/mol. The summed E-state index contributed by atoms with van der Waals surface area (Å²) < 4.78 is 30.6. The van der Waals surface area contributed by atoms with Crippen LogP contribution in [0.25, 0.3) is 0 Å².